The first-order valence-electron chi connectivity index (χ1n) is 8.59. The highest BCUT2D eigenvalue weighted by Crippen LogP contribution is 2.38. The molecule has 6 nitrogen and oxygen atoms in total. The lowest BCUT2D eigenvalue weighted by atomic mass is 9.86. The van der Waals surface area contributed by atoms with Gasteiger partial charge in [0, 0.05) is 42.7 Å². The van der Waals surface area contributed by atoms with E-state index in [9.17, 15) is 10.2 Å². The third-order valence-electron chi connectivity index (χ3n) is 4.67. The molecule has 1 fully saturated rings. The minimum Gasteiger partial charge on any atom is -0.477 e. The Morgan fingerprint density at radius 2 is 2.00 bits per heavy atom. The topological polar surface area (TPSA) is 87.5 Å². The van der Waals surface area contributed by atoms with Crippen molar-refractivity contribution in [2.75, 3.05) is 13.2 Å². The second-order valence-electron chi connectivity index (χ2n) is 6.91. The summed E-state index contributed by atoms with van der Waals surface area (Å²) in [6.45, 7) is 3.64. The second-order valence-corrected chi connectivity index (χ2v) is 6.91. The van der Waals surface area contributed by atoms with Crippen molar-refractivity contribution in [3.05, 3.63) is 54.0 Å². The number of aliphatic hydroxyl groups is 2. The first-order chi connectivity index (χ1) is 12.1. The van der Waals surface area contributed by atoms with Gasteiger partial charge in [0.05, 0.1) is 18.8 Å². The van der Waals surface area contributed by atoms with Crippen LogP contribution in [0.3, 0.4) is 0 Å². The lowest BCUT2D eigenvalue weighted by Gasteiger charge is -2.29. The summed E-state index contributed by atoms with van der Waals surface area (Å²) in [6.07, 6.45) is 3.14. The van der Waals surface area contributed by atoms with Gasteiger partial charge in [-0.25, -0.2) is 4.98 Å². The van der Waals surface area contributed by atoms with Crippen LogP contribution < -0.4 is 10.1 Å². The van der Waals surface area contributed by atoms with Gasteiger partial charge in [0.25, 0.3) is 0 Å². The van der Waals surface area contributed by atoms with Crippen molar-refractivity contribution in [3.63, 3.8) is 0 Å². The van der Waals surface area contributed by atoms with Crippen molar-refractivity contribution in [2.24, 2.45) is 5.41 Å². The fraction of sp³-hybridized carbons (Fsp3) is 0.474. The van der Waals surface area contributed by atoms with Crippen molar-refractivity contribution < 1.29 is 14.9 Å². The zero-order valence-electron chi connectivity index (χ0n) is 14.4. The first-order valence-corrected chi connectivity index (χ1v) is 8.59. The van der Waals surface area contributed by atoms with E-state index in [1.54, 1.807) is 6.20 Å². The number of aliphatic hydroxyl groups excluding tert-OH is 2. The van der Waals surface area contributed by atoms with Crippen LogP contribution in [-0.4, -0.2) is 45.5 Å². The Morgan fingerprint density at radius 1 is 1.20 bits per heavy atom. The number of ether oxygens (including phenoxy) is 1. The van der Waals surface area contributed by atoms with E-state index in [0.29, 0.717) is 38.4 Å². The van der Waals surface area contributed by atoms with E-state index in [0.717, 1.165) is 11.3 Å². The average Bonchev–Trinajstić information content (AvgIpc) is 2.89. The smallest absolute Gasteiger partial charge is 0.213 e. The molecule has 2 heterocycles. The first kappa shape index (κ1) is 17.8. The SMILES string of the molecule is Cc1cccc(OCC2(CNCc3cccnc3)CC(O)C(O)C2)n1. The quantitative estimate of drug-likeness (QED) is 0.705. The Kier molecular flexibility index (Phi) is 5.63. The summed E-state index contributed by atoms with van der Waals surface area (Å²) in [6, 6.07) is 9.57. The molecule has 1 saturated carbocycles. The monoisotopic (exact) mass is 343 g/mol. The Balaban J connectivity index is 1.62. The molecule has 0 aliphatic heterocycles. The van der Waals surface area contributed by atoms with Crippen LogP contribution >= 0.6 is 0 Å². The molecule has 3 N–H and O–H groups in total. The van der Waals surface area contributed by atoms with Gasteiger partial charge in [0.15, 0.2) is 0 Å². The van der Waals surface area contributed by atoms with Crippen LogP contribution in [0.4, 0.5) is 0 Å². The Hall–Kier alpha value is -2.02. The average molecular weight is 343 g/mol. The number of hydrogen-bond donors (Lipinski definition) is 3. The Morgan fingerprint density at radius 3 is 2.68 bits per heavy atom. The summed E-state index contributed by atoms with van der Waals surface area (Å²) in [4.78, 5) is 8.46. The lowest BCUT2D eigenvalue weighted by Crippen LogP contribution is -2.38. The summed E-state index contributed by atoms with van der Waals surface area (Å²) < 4.78 is 5.89. The van der Waals surface area contributed by atoms with Gasteiger partial charge in [-0.05, 0) is 37.5 Å². The molecule has 3 rings (SSSR count). The van der Waals surface area contributed by atoms with Crippen molar-refractivity contribution in [1.29, 1.82) is 0 Å². The minimum atomic E-state index is -0.714. The van der Waals surface area contributed by atoms with E-state index < -0.39 is 12.2 Å². The molecule has 2 unspecified atom stereocenters. The van der Waals surface area contributed by atoms with Gasteiger partial charge in [-0.15, -0.1) is 0 Å². The molecule has 2 atom stereocenters. The fourth-order valence-corrected chi connectivity index (χ4v) is 3.36. The number of pyridine rings is 2. The number of rotatable bonds is 7. The van der Waals surface area contributed by atoms with Gasteiger partial charge in [0.1, 0.15) is 0 Å². The molecular weight excluding hydrogens is 318 g/mol. The maximum absolute atomic E-state index is 10.0. The predicted octanol–water partition coefficient (Wildman–Crippen LogP) is 1.46. The minimum absolute atomic E-state index is 0.327. The maximum Gasteiger partial charge on any atom is 0.213 e. The molecule has 0 spiro atoms. The molecule has 2 aromatic rings. The standard InChI is InChI=1S/C19H25N3O3/c1-14-4-2-6-18(22-14)25-13-19(8-16(23)17(24)9-19)12-21-11-15-5-3-7-20-10-15/h2-7,10,16-17,21,23-24H,8-9,11-13H2,1H3. The van der Waals surface area contributed by atoms with E-state index >= 15 is 0 Å². The normalized spacial score (nSPS) is 25.9. The summed E-state index contributed by atoms with van der Waals surface area (Å²) in [5.41, 5.74) is 1.66. The molecule has 2 aromatic heterocycles. The van der Waals surface area contributed by atoms with Crippen LogP contribution in [0.2, 0.25) is 0 Å². The zero-order valence-corrected chi connectivity index (χ0v) is 14.4. The highest BCUT2D eigenvalue weighted by molar-refractivity contribution is 5.15. The van der Waals surface area contributed by atoms with E-state index in [2.05, 4.69) is 15.3 Å². The van der Waals surface area contributed by atoms with Crippen molar-refractivity contribution in [2.45, 2.75) is 38.5 Å². The molecule has 1 aliphatic carbocycles. The van der Waals surface area contributed by atoms with Gasteiger partial charge in [0.2, 0.25) is 5.88 Å². The number of nitrogens with zero attached hydrogens (tertiary/aromatic N) is 2. The molecule has 0 amide bonds. The summed E-state index contributed by atoms with van der Waals surface area (Å²) >= 11 is 0. The molecule has 6 heteroatoms. The lowest BCUT2D eigenvalue weighted by molar-refractivity contribution is 0.0438. The van der Waals surface area contributed by atoms with Gasteiger partial charge in [-0.1, -0.05) is 12.1 Å². The molecule has 25 heavy (non-hydrogen) atoms. The number of aryl methyl sites for hydroxylation is 1. The number of hydrogen-bond acceptors (Lipinski definition) is 6. The second kappa shape index (κ2) is 7.91. The number of nitrogens with one attached hydrogen (secondary N) is 1. The molecule has 0 aromatic carbocycles. The summed E-state index contributed by atoms with van der Waals surface area (Å²) in [5, 5.41) is 23.5. The highest BCUT2D eigenvalue weighted by atomic mass is 16.5. The summed E-state index contributed by atoms with van der Waals surface area (Å²) in [5.74, 6) is 0.572. The van der Waals surface area contributed by atoms with Gasteiger partial charge in [-0.2, -0.15) is 0 Å². The van der Waals surface area contributed by atoms with Crippen LogP contribution in [0, 0.1) is 12.3 Å². The maximum atomic E-state index is 10.0. The van der Waals surface area contributed by atoms with E-state index in [1.807, 2.05) is 43.5 Å². The third-order valence-corrected chi connectivity index (χ3v) is 4.67. The van der Waals surface area contributed by atoms with Crippen LogP contribution in [0.15, 0.2) is 42.7 Å². The zero-order chi connectivity index (χ0) is 17.7. The van der Waals surface area contributed by atoms with Gasteiger partial charge < -0.3 is 20.3 Å². The molecular formula is C19H25N3O3. The molecule has 0 radical (unpaired) electrons. The van der Waals surface area contributed by atoms with Crippen molar-refractivity contribution in [3.8, 4) is 5.88 Å². The van der Waals surface area contributed by atoms with E-state index in [4.69, 9.17) is 4.74 Å². The van der Waals surface area contributed by atoms with Crippen LogP contribution in [-0.2, 0) is 6.54 Å². The largest absolute Gasteiger partial charge is 0.477 e. The van der Waals surface area contributed by atoms with E-state index in [1.165, 1.54) is 0 Å². The Bertz CT molecular complexity index is 671. The van der Waals surface area contributed by atoms with Gasteiger partial charge in [-0.3, -0.25) is 4.98 Å². The molecule has 0 saturated heterocycles. The van der Waals surface area contributed by atoms with Crippen molar-refractivity contribution in [1.82, 2.24) is 15.3 Å². The Labute approximate surface area is 147 Å². The van der Waals surface area contributed by atoms with Crippen LogP contribution in [0.1, 0.15) is 24.1 Å². The molecule has 1 aliphatic rings. The third kappa shape index (κ3) is 4.75. The molecule has 134 valence electrons. The fourth-order valence-electron chi connectivity index (χ4n) is 3.36. The van der Waals surface area contributed by atoms with E-state index in [-0.39, 0.29) is 5.41 Å². The summed E-state index contributed by atoms with van der Waals surface area (Å²) in [7, 11) is 0. The number of aromatic nitrogens is 2. The van der Waals surface area contributed by atoms with Crippen molar-refractivity contribution >= 4 is 0 Å². The van der Waals surface area contributed by atoms with Gasteiger partial charge >= 0.3 is 0 Å². The molecule has 0 bridgehead atoms. The highest BCUT2D eigenvalue weighted by Gasteiger charge is 2.44. The van der Waals surface area contributed by atoms with Crippen LogP contribution in [0.5, 0.6) is 5.88 Å². The predicted molar refractivity (Wildman–Crippen MR) is 94.1 cm³/mol. The van der Waals surface area contributed by atoms with Crippen LogP contribution in [0.25, 0.3) is 0 Å².